The molecule has 0 fully saturated rings. The molecule has 0 aromatic carbocycles. The molecule has 0 aliphatic rings. The van der Waals surface area contributed by atoms with Gasteiger partial charge in [0.15, 0.2) is 0 Å². The van der Waals surface area contributed by atoms with Crippen LogP contribution in [0, 0.1) is 6.92 Å². The number of aromatic amines is 1. The van der Waals surface area contributed by atoms with Gasteiger partial charge in [-0.15, -0.1) is 0 Å². The fraction of sp³-hybridized carbons (Fsp3) is 0.636. The number of ether oxygens (including phenoxy) is 1. The number of nitrogens with zero attached hydrogens (tertiary/aromatic N) is 1. The second-order valence-electron chi connectivity index (χ2n) is 3.53. The lowest BCUT2D eigenvalue weighted by Crippen LogP contribution is -2.03. The van der Waals surface area contributed by atoms with Crippen molar-refractivity contribution in [2.45, 2.75) is 39.5 Å². The number of aryl methyl sites for hydroxylation is 2. The maximum Gasteiger partial charge on any atom is 0.305 e. The minimum absolute atomic E-state index is 0.104. The lowest BCUT2D eigenvalue weighted by molar-refractivity contribution is -0.143. The van der Waals surface area contributed by atoms with E-state index in [1.807, 2.05) is 20.0 Å². The first-order valence-electron chi connectivity index (χ1n) is 5.38. The van der Waals surface area contributed by atoms with Gasteiger partial charge in [0.2, 0.25) is 0 Å². The number of hydrogen-bond acceptors (Lipinski definition) is 3. The van der Waals surface area contributed by atoms with E-state index in [0.717, 1.165) is 30.8 Å². The summed E-state index contributed by atoms with van der Waals surface area (Å²) >= 11 is 0. The number of carbonyl (C=O) groups excluding carboxylic acids is 1. The number of esters is 1. The summed E-state index contributed by atoms with van der Waals surface area (Å²) in [5.74, 6) is 0.893. The van der Waals surface area contributed by atoms with Crippen LogP contribution in [0.4, 0.5) is 0 Å². The van der Waals surface area contributed by atoms with E-state index in [-0.39, 0.29) is 5.97 Å². The number of H-pyrrole nitrogens is 1. The van der Waals surface area contributed by atoms with Gasteiger partial charge < -0.3 is 9.72 Å². The highest BCUT2D eigenvalue weighted by Gasteiger charge is 2.02. The molecule has 0 spiro atoms. The minimum atomic E-state index is -0.104. The summed E-state index contributed by atoms with van der Waals surface area (Å²) in [5, 5.41) is 0. The van der Waals surface area contributed by atoms with E-state index in [4.69, 9.17) is 4.74 Å². The molecule has 1 heterocycles. The van der Waals surface area contributed by atoms with E-state index < -0.39 is 0 Å². The minimum Gasteiger partial charge on any atom is -0.466 e. The Morgan fingerprint density at radius 1 is 1.53 bits per heavy atom. The van der Waals surface area contributed by atoms with Crippen molar-refractivity contribution >= 4 is 5.97 Å². The molecule has 4 nitrogen and oxygen atoms in total. The highest BCUT2D eigenvalue weighted by molar-refractivity contribution is 5.69. The van der Waals surface area contributed by atoms with Crippen molar-refractivity contribution in [3.63, 3.8) is 0 Å². The summed E-state index contributed by atoms with van der Waals surface area (Å²) in [6.45, 7) is 4.27. The van der Waals surface area contributed by atoms with E-state index in [0.29, 0.717) is 13.0 Å². The Morgan fingerprint density at radius 2 is 2.33 bits per heavy atom. The average molecular weight is 210 g/mol. The van der Waals surface area contributed by atoms with Gasteiger partial charge in [-0.3, -0.25) is 4.79 Å². The molecule has 0 atom stereocenters. The van der Waals surface area contributed by atoms with Crippen LogP contribution < -0.4 is 0 Å². The van der Waals surface area contributed by atoms with Gasteiger partial charge in [0, 0.05) is 24.7 Å². The third-order valence-electron chi connectivity index (χ3n) is 2.11. The van der Waals surface area contributed by atoms with Crippen molar-refractivity contribution in [2.24, 2.45) is 0 Å². The first-order valence-corrected chi connectivity index (χ1v) is 5.38. The monoisotopic (exact) mass is 210 g/mol. The summed E-state index contributed by atoms with van der Waals surface area (Å²) in [6.07, 6.45) is 5.05. The van der Waals surface area contributed by atoms with Crippen LogP contribution in [-0.2, 0) is 16.0 Å². The van der Waals surface area contributed by atoms with Crippen molar-refractivity contribution in [3.8, 4) is 0 Å². The molecule has 0 aliphatic carbocycles. The zero-order valence-electron chi connectivity index (χ0n) is 9.38. The Morgan fingerprint density at radius 3 is 2.93 bits per heavy atom. The maximum atomic E-state index is 11.0. The quantitative estimate of drug-likeness (QED) is 0.577. The van der Waals surface area contributed by atoms with Crippen LogP contribution in [0.2, 0.25) is 0 Å². The maximum absolute atomic E-state index is 11.0. The SMILES string of the molecule is CCOC(=O)CCCCc1ncc(C)[nH]1. The molecule has 0 saturated heterocycles. The fourth-order valence-electron chi connectivity index (χ4n) is 1.39. The van der Waals surface area contributed by atoms with Crippen molar-refractivity contribution in [1.82, 2.24) is 9.97 Å². The molecule has 15 heavy (non-hydrogen) atoms. The zero-order chi connectivity index (χ0) is 11.1. The van der Waals surface area contributed by atoms with Crippen molar-refractivity contribution in [3.05, 3.63) is 17.7 Å². The molecule has 0 amide bonds. The summed E-state index contributed by atoms with van der Waals surface area (Å²) < 4.78 is 4.84. The lowest BCUT2D eigenvalue weighted by Gasteiger charge is -2.00. The van der Waals surface area contributed by atoms with Gasteiger partial charge in [0.1, 0.15) is 5.82 Å². The highest BCUT2D eigenvalue weighted by atomic mass is 16.5. The van der Waals surface area contributed by atoms with Gasteiger partial charge in [-0.05, 0) is 26.7 Å². The van der Waals surface area contributed by atoms with Crippen LogP contribution in [-0.4, -0.2) is 22.5 Å². The number of nitrogens with one attached hydrogen (secondary N) is 1. The van der Waals surface area contributed by atoms with Crippen molar-refractivity contribution < 1.29 is 9.53 Å². The predicted molar refractivity (Wildman–Crippen MR) is 57.5 cm³/mol. The molecule has 4 heteroatoms. The van der Waals surface area contributed by atoms with E-state index in [2.05, 4.69) is 9.97 Å². The van der Waals surface area contributed by atoms with E-state index in [9.17, 15) is 4.79 Å². The van der Waals surface area contributed by atoms with E-state index >= 15 is 0 Å². The molecule has 1 rings (SSSR count). The first kappa shape index (κ1) is 11.8. The number of unbranched alkanes of at least 4 members (excludes halogenated alkanes) is 1. The Labute approximate surface area is 90.1 Å². The summed E-state index contributed by atoms with van der Waals surface area (Å²) in [7, 11) is 0. The lowest BCUT2D eigenvalue weighted by atomic mass is 10.2. The van der Waals surface area contributed by atoms with Gasteiger partial charge in [-0.25, -0.2) is 4.98 Å². The number of rotatable bonds is 6. The first-order chi connectivity index (χ1) is 7.22. The number of carbonyl (C=O) groups is 1. The van der Waals surface area contributed by atoms with Crippen molar-refractivity contribution in [2.75, 3.05) is 6.61 Å². The standard InChI is InChI=1S/C11H18N2O2/c1-3-15-11(14)7-5-4-6-10-12-8-9(2)13-10/h8H,3-7H2,1-2H3,(H,12,13). The van der Waals surface area contributed by atoms with E-state index in [1.54, 1.807) is 0 Å². The molecule has 1 N–H and O–H groups in total. The number of imidazole rings is 1. The normalized spacial score (nSPS) is 10.3. The molecule has 1 aromatic rings. The zero-order valence-corrected chi connectivity index (χ0v) is 9.38. The van der Waals surface area contributed by atoms with Crippen LogP contribution in [0.25, 0.3) is 0 Å². The topological polar surface area (TPSA) is 55.0 Å². The molecule has 0 radical (unpaired) electrons. The van der Waals surface area contributed by atoms with Gasteiger partial charge in [-0.2, -0.15) is 0 Å². The second-order valence-corrected chi connectivity index (χ2v) is 3.53. The van der Waals surface area contributed by atoms with Crippen molar-refractivity contribution in [1.29, 1.82) is 0 Å². The third kappa shape index (κ3) is 4.63. The molecule has 0 bridgehead atoms. The summed E-state index contributed by atoms with van der Waals surface area (Å²) in [4.78, 5) is 18.4. The molecule has 0 unspecified atom stereocenters. The van der Waals surface area contributed by atoms with E-state index in [1.165, 1.54) is 0 Å². The molecule has 1 aromatic heterocycles. The Bertz CT molecular complexity index is 307. The Hall–Kier alpha value is -1.32. The summed E-state index contributed by atoms with van der Waals surface area (Å²) in [6, 6.07) is 0. The van der Waals surface area contributed by atoms with Crippen LogP contribution >= 0.6 is 0 Å². The Balaban J connectivity index is 2.09. The third-order valence-corrected chi connectivity index (χ3v) is 2.11. The molecule has 0 aliphatic heterocycles. The Kier molecular flexibility index (Phi) is 4.87. The predicted octanol–water partition coefficient (Wildman–Crippen LogP) is 1.99. The van der Waals surface area contributed by atoms with Gasteiger partial charge in [-0.1, -0.05) is 0 Å². The van der Waals surface area contributed by atoms with Gasteiger partial charge >= 0.3 is 5.97 Å². The smallest absolute Gasteiger partial charge is 0.305 e. The molecule has 0 saturated carbocycles. The summed E-state index contributed by atoms with van der Waals surface area (Å²) in [5.41, 5.74) is 1.08. The average Bonchev–Trinajstić information content (AvgIpc) is 2.60. The van der Waals surface area contributed by atoms with Crippen LogP contribution in [0.5, 0.6) is 0 Å². The largest absolute Gasteiger partial charge is 0.466 e. The van der Waals surface area contributed by atoms with Crippen LogP contribution in [0.3, 0.4) is 0 Å². The number of aromatic nitrogens is 2. The molecule has 84 valence electrons. The molecular formula is C11H18N2O2. The fourth-order valence-corrected chi connectivity index (χ4v) is 1.39. The number of hydrogen-bond donors (Lipinski definition) is 1. The van der Waals surface area contributed by atoms with Crippen LogP contribution in [0.1, 0.15) is 37.7 Å². The second kappa shape index (κ2) is 6.22. The van der Waals surface area contributed by atoms with Gasteiger partial charge in [0.25, 0.3) is 0 Å². The highest BCUT2D eigenvalue weighted by Crippen LogP contribution is 2.04. The van der Waals surface area contributed by atoms with Gasteiger partial charge in [0.05, 0.1) is 6.61 Å². The molecular weight excluding hydrogens is 192 g/mol. The van der Waals surface area contributed by atoms with Crippen LogP contribution in [0.15, 0.2) is 6.20 Å².